The van der Waals surface area contributed by atoms with E-state index in [4.69, 9.17) is 0 Å². The number of amides is 1. The first-order chi connectivity index (χ1) is 11.5. The van der Waals surface area contributed by atoms with Crippen molar-refractivity contribution in [3.8, 4) is 0 Å². The van der Waals surface area contributed by atoms with E-state index in [9.17, 15) is 4.79 Å². The molecule has 134 valence electrons. The van der Waals surface area contributed by atoms with E-state index >= 15 is 0 Å². The summed E-state index contributed by atoms with van der Waals surface area (Å²) in [5.74, 6) is 1.04. The fourth-order valence-corrected chi connectivity index (χ4v) is 4.17. The highest BCUT2D eigenvalue weighted by Gasteiger charge is 2.32. The molecule has 2 aliphatic heterocycles. The molecule has 2 atom stereocenters. The molecule has 0 saturated carbocycles. The van der Waals surface area contributed by atoms with E-state index < -0.39 is 0 Å². The van der Waals surface area contributed by atoms with Crippen LogP contribution in [0.5, 0.6) is 0 Å². The van der Waals surface area contributed by atoms with Crippen LogP contribution in [0.15, 0.2) is 12.3 Å². The Balaban J connectivity index is 1.55. The summed E-state index contributed by atoms with van der Waals surface area (Å²) >= 11 is 0. The molecule has 3 rings (SSSR count). The largest absolute Gasteiger partial charge is 0.342 e. The number of likely N-dealkylation sites (tertiary alicyclic amines) is 2. The predicted octanol–water partition coefficient (Wildman–Crippen LogP) is 1.39. The van der Waals surface area contributed by atoms with Gasteiger partial charge in [0.15, 0.2) is 0 Å². The lowest BCUT2D eigenvalue weighted by Crippen LogP contribution is -2.44. The third-order valence-electron chi connectivity index (χ3n) is 5.75. The molecule has 6 heteroatoms. The number of likely N-dealkylation sites (N-methyl/N-ethyl adjacent to an activating group) is 2. The molecule has 6 nitrogen and oxygen atoms in total. The smallest absolute Gasteiger partial charge is 0.226 e. The van der Waals surface area contributed by atoms with Crippen molar-refractivity contribution >= 4 is 5.91 Å². The van der Waals surface area contributed by atoms with Gasteiger partial charge in [0.25, 0.3) is 0 Å². The lowest BCUT2D eigenvalue weighted by atomic mass is 9.92. The van der Waals surface area contributed by atoms with E-state index in [2.05, 4.69) is 52.1 Å². The van der Waals surface area contributed by atoms with Gasteiger partial charge in [0.05, 0.1) is 5.92 Å². The maximum atomic E-state index is 13.0. The normalized spacial score (nSPS) is 27.4. The van der Waals surface area contributed by atoms with Crippen molar-refractivity contribution in [1.29, 1.82) is 0 Å². The molecule has 0 bridgehead atoms. The summed E-state index contributed by atoms with van der Waals surface area (Å²) in [7, 11) is 6.42. The van der Waals surface area contributed by atoms with Gasteiger partial charge in [-0.05, 0) is 52.9 Å². The average molecular weight is 333 g/mol. The van der Waals surface area contributed by atoms with Gasteiger partial charge in [-0.2, -0.15) is 5.10 Å². The van der Waals surface area contributed by atoms with Crippen LogP contribution in [-0.2, 0) is 4.79 Å². The number of H-pyrrole nitrogens is 1. The van der Waals surface area contributed by atoms with Gasteiger partial charge in [-0.15, -0.1) is 0 Å². The minimum Gasteiger partial charge on any atom is -0.342 e. The minimum atomic E-state index is 0.156. The van der Waals surface area contributed by atoms with E-state index in [1.165, 1.54) is 5.69 Å². The molecule has 1 aromatic rings. The highest BCUT2D eigenvalue weighted by Crippen LogP contribution is 2.28. The second-order valence-corrected chi connectivity index (χ2v) is 7.72. The summed E-state index contributed by atoms with van der Waals surface area (Å²) in [5, 5.41) is 7.13. The molecule has 1 N–H and O–H groups in total. The second-order valence-electron chi connectivity index (χ2n) is 7.72. The third kappa shape index (κ3) is 3.98. The van der Waals surface area contributed by atoms with Crippen LogP contribution in [0.3, 0.4) is 0 Å². The minimum absolute atomic E-state index is 0.156. The van der Waals surface area contributed by atoms with Crippen molar-refractivity contribution in [2.24, 2.45) is 5.92 Å². The number of nitrogens with zero attached hydrogens (tertiary/aromatic N) is 4. The van der Waals surface area contributed by atoms with E-state index in [-0.39, 0.29) is 5.92 Å². The molecule has 24 heavy (non-hydrogen) atoms. The predicted molar refractivity (Wildman–Crippen MR) is 94.8 cm³/mol. The Kier molecular flexibility index (Phi) is 5.56. The monoisotopic (exact) mass is 333 g/mol. The van der Waals surface area contributed by atoms with Crippen molar-refractivity contribution in [1.82, 2.24) is 24.9 Å². The summed E-state index contributed by atoms with van der Waals surface area (Å²) in [5.41, 5.74) is 1.21. The summed E-state index contributed by atoms with van der Waals surface area (Å²) in [4.78, 5) is 19.7. The van der Waals surface area contributed by atoms with Crippen LogP contribution >= 0.6 is 0 Å². The molecule has 2 aliphatic rings. The Morgan fingerprint density at radius 3 is 2.58 bits per heavy atom. The van der Waals surface area contributed by atoms with Crippen molar-refractivity contribution in [2.45, 2.75) is 37.6 Å². The molecule has 2 fully saturated rings. The maximum absolute atomic E-state index is 13.0. The van der Waals surface area contributed by atoms with Gasteiger partial charge in [0.2, 0.25) is 5.91 Å². The first kappa shape index (κ1) is 17.4. The fraction of sp³-hybridized carbons (Fsp3) is 0.778. The number of piperidine rings is 1. The van der Waals surface area contributed by atoms with Gasteiger partial charge < -0.3 is 14.7 Å². The van der Waals surface area contributed by atoms with E-state index in [1.807, 2.05) is 6.20 Å². The van der Waals surface area contributed by atoms with Crippen molar-refractivity contribution in [2.75, 3.05) is 47.3 Å². The number of aromatic nitrogens is 2. The number of aromatic amines is 1. The molecule has 1 amide bonds. The zero-order valence-electron chi connectivity index (χ0n) is 15.2. The number of nitrogens with one attached hydrogen (secondary N) is 1. The number of rotatable bonds is 3. The van der Waals surface area contributed by atoms with Crippen molar-refractivity contribution < 1.29 is 4.79 Å². The number of carbonyl (C=O) groups is 1. The highest BCUT2D eigenvalue weighted by atomic mass is 16.2. The molecular weight excluding hydrogens is 302 g/mol. The SMILES string of the molecule is CN1C[C@H](C(=O)N2CCC(c3ccn[nH]3)CC2)CC[C@H](N(C)C)C1. The Morgan fingerprint density at radius 1 is 1.21 bits per heavy atom. The molecular formula is C18H31N5O. The summed E-state index contributed by atoms with van der Waals surface area (Å²) in [6.07, 6.45) is 6.01. The molecule has 0 aromatic carbocycles. The Morgan fingerprint density at radius 2 is 1.96 bits per heavy atom. The van der Waals surface area contributed by atoms with Crippen LogP contribution in [0, 0.1) is 5.92 Å². The molecule has 3 heterocycles. The second kappa shape index (κ2) is 7.66. The topological polar surface area (TPSA) is 55.5 Å². The van der Waals surface area contributed by atoms with Gasteiger partial charge >= 0.3 is 0 Å². The van der Waals surface area contributed by atoms with Crippen LogP contribution < -0.4 is 0 Å². The summed E-state index contributed by atoms with van der Waals surface area (Å²) in [6, 6.07) is 2.61. The summed E-state index contributed by atoms with van der Waals surface area (Å²) in [6.45, 7) is 3.70. The zero-order valence-corrected chi connectivity index (χ0v) is 15.2. The Hall–Kier alpha value is -1.40. The van der Waals surface area contributed by atoms with Crippen molar-refractivity contribution in [3.63, 3.8) is 0 Å². The number of hydrogen-bond donors (Lipinski definition) is 1. The molecule has 0 aliphatic carbocycles. The molecule has 2 saturated heterocycles. The Bertz CT molecular complexity index is 522. The standard InChI is InChI=1S/C18H31N5O/c1-21(2)16-5-4-15(12-22(3)13-16)18(24)23-10-7-14(8-11-23)17-6-9-19-20-17/h6,9,14-16H,4-5,7-8,10-13H2,1-3H3,(H,19,20)/t15-,16+/m1/s1. The lowest BCUT2D eigenvalue weighted by molar-refractivity contribution is -0.137. The first-order valence-electron chi connectivity index (χ1n) is 9.17. The average Bonchev–Trinajstić information content (AvgIpc) is 3.03. The molecule has 0 radical (unpaired) electrons. The highest BCUT2D eigenvalue weighted by molar-refractivity contribution is 5.79. The van der Waals surface area contributed by atoms with E-state index in [0.29, 0.717) is 17.9 Å². The van der Waals surface area contributed by atoms with Gasteiger partial charge in [0, 0.05) is 50.0 Å². The van der Waals surface area contributed by atoms with Crippen LogP contribution in [0.1, 0.15) is 37.3 Å². The first-order valence-corrected chi connectivity index (χ1v) is 9.17. The molecule has 0 unspecified atom stereocenters. The van der Waals surface area contributed by atoms with Gasteiger partial charge in [-0.25, -0.2) is 0 Å². The van der Waals surface area contributed by atoms with Crippen LogP contribution in [0.25, 0.3) is 0 Å². The lowest BCUT2D eigenvalue weighted by Gasteiger charge is -2.34. The quantitative estimate of drug-likeness (QED) is 0.908. The summed E-state index contributed by atoms with van der Waals surface area (Å²) < 4.78 is 0. The fourth-order valence-electron chi connectivity index (χ4n) is 4.17. The van der Waals surface area contributed by atoms with Gasteiger partial charge in [0.1, 0.15) is 0 Å². The number of hydrogen-bond acceptors (Lipinski definition) is 4. The van der Waals surface area contributed by atoms with Crippen LogP contribution in [0.4, 0.5) is 0 Å². The number of carbonyl (C=O) groups excluding carboxylic acids is 1. The maximum Gasteiger partial charge on any atom is 0.226 e. The van der Waals surface area contributed by atoms with Crippen LogP contribution in [-0.4, -0.2) is 84.2 Å². The van der Waals surface area contributed by atoms with E-state index in [0.717, 1.165) is 51.9 Å². The Labute approximate surface area is 145 Å². The third-order valence-corrected chi connectivity index (χ3v) is 5.75. The molecule has 0 spiro atoms. The van der Waals surface area contributed by atoms with Gasteiger partial charge in [-0.1, -0.05) is 0 Å². The van der Waals surface area contributed by atoms with E-state index in [1.54, 1.807) is 0 Å². The zero-order chi connectivity index (χ0) is 17.1. The molecule has 1 aromatic heterocycles. The van der Waals surface area contributed by atoms with Crippen molar-refractivity contribution in [3.05, 3.63) is 18.0 Å². The van der Waals surface area contributed by atoms with Gasteiger partial charge in [-0.3, -0.25) is 9.89 Å². The van der Waals surface area contributed by atoms with Crippen LogP contribution in [0.2, 0.25) is 0 Å².